The molecule has 0 aliphatic carbocycles. The summed E-state index contributed by atoms with van der Waals surface area (Å²) in [6.45, 7) is 5.26. The highest BCUT2D eigenvalue weighted by molar-refractivity contribution is 9.10. The zero-order valence-corrected chi connectivity index (χ0v) is 13.0. The summed E-state index contributed by atoms with van der Waals surface area (Å²) in [4.78, 5) is 5.56. The van der Waals surface area contributed by atoms with E-state index in [0.717, 1.165) is 13.0 Å². The molecule has 96 valence electrons. The van der Waals surface area contributed by atoms with Gasteiger partial charge in [-0.25, -0.2) is 0 Å². The molecular formula is C14H17BrN2S. The van der Waals surface area contributed by atoms with Crippen molar-refractivity contribution in [3.8, 4) is 0 Å². The van der Waals surface area contributed by atoms with Crippen LogP contribution in [0.1, 0.15) is 35.9 Å². The van der Waals surface area contributed by atoms with Crippen LogP contribution in [0.25, 0.3) is 0 Å². The number of pyridine rings is 1. The average molecular weight is 325 g/mol. The first-order valence-electron chi connectivity index (χ1n) is 6.17. The molecule has 2 rings (SSSR count). The first-order valence-corrected chi connectivity index (χ1v) is 7.84. The van der Waals surface area contributed by atoms with Gasteiger partial charge in [-0.1, -0.05) is 13.8 Å². The summed E-state index contributed by atoms with van der Waals surface area (Å²) in [6, 6.07) is 4.48. The predicted molar refractivity (Wildman–Crippen MR) is 81.2 cm³/mol. The molecule has 18 heavy (non-hydrogen) atoms. The smallest absolute Gasteiger partial charge is 0.0686 e. The topological polar surface area (TPSA) is 24.9 Å². The molecule has 0 radical (unpaired) electrons. The fourth-order valence-corrected chi connectivity index (χ4v) is 3.77. The number of nitrogens with zero attached hydrogens (tertiary/aromatic N) is 1. The molecule has 2 nitrogen and oxygen atoms in total. The Kier molecular flexibility index (Phi) is 4.92. The Bertz CT molecular complexity index is 510. The Labute approximate surface area is 121 Å². The van der Waals surface area contributed by atoms with Crippen molar-refractivity contribution in [3.05, 3.63) is 50.4 Å². The Balaban J connectivity index is 2.45. The van der Waals surface area contributed by atoms with E-state index in [4.69, 9.17) is 0 Å². The third-order valence-corrected chi connectivity index (χ3v) is 4.88. The van der Waals surface area contributed by atoms with Crippen LogP contribution in [-0.2, 0) is 6.42 Å². The summed E-state index contributed by atoms with van der Waals surface area (Å²) in [5, 5.41) is 5.69. The van der Waals surface area contributed by atoms with Crippen LogP contribution in [0, 0.1) is 0 Å². The van der Waals surface area contributed by atoms with Crippen LogP contribution in [0.2, 0.25) is 0 Å². The van der Waals surface area contributed by atoms with Crippen LogP contribution in [-0.4, -0.2) is 11.5 Å². The van der Waals surface area contributed by atoms with Gasteiger partial charge in [0.2, 0.25) is 0 Å². The average Bonchev–Trinajstić information content (AvgIpc) is 2.82. The van der Waals surface area contributed by atoms with E-state index < -0.39 is 0 Å². The maximum atomic E-state index is 4.23. The lowest BCUT2D eigenvalue weighted by molar-refractivity contribution is 0.631. The minimum absolute atomic E-state index is 0.252. The van der Waals surface area contributed by atoms with Crippen molar-refractivity contribution in [3.63, 3.8) is 0 Å². The van der Waals surface area contributed by atoms with E-state index >= 15 is 0 Å². The Morgan fingerprint density at radius 2 is 2.22 bits per heavy atom. The molecule has 0 bridgehead atoms. The third-order valence-electron chi connectivity index (χ3n) is 2.95. The molecule has 2 aromatic rings. The number of hydrogen-bond acceptors (Lipinski definition) is 3. The van der Waals surface area contributed by atoms with Crippen molar-refractivity contribution in [1.29, 1.82) is 0 Å². The SMILES string of the molecule is CCNC(c1ccncc1CC)c1sccc1Br. The molecule has 4 heteroatoms. The number of halogens is 1. The van der Waals surface area contributed by atoms with Crippen molar-refractivity contribution in [1.82, 2.24) is 10.3 Å². The molecular weight excluding hydrogens is 308 g/mol. The van der Waals surface area contributed by atoms with Gasteiger partial charge in [0, 0.05) is 21.7 Å². The quantitative estimate of drug-likeness (QED) is 0.892. The minimum atomic E-state index is 0.252. The Morgan fingerprint density at radius 1 is 1.39 bits per heavy atom. The normalized spacial score (nSPS) is 12.6. The zero-order chi connectivity index (χ0) is 13.0. The van der Waals surface area contributed by atoms with Crippen LogP contribution in [0.15, 0.2) is 34.4 Å². The molecule has 0 aliphatic heterocycles. The molecule has 0 saturated carbocycles. The molecule has 2 aromatic heterocycles. The number of hydrogen-bond donors (Lipinski definition) is 1. The fraction of sp³-hybridized carbons (Fsp3) is 0.357. The van der Waals surface area contributed by atoms with E-state index in [0.29, 0.717) is 0 Å². The van der Waals surface area contributed by atoms with Gasteiger partial charge in [0.05, 0.1) is 6.04 Å². The molecule has 0 aliphatic rings. The van der Waals surface area contributed by atoms with E-state index in [1.165, 1.54) is 20.5 Å². The Morgan fingerprint density at radius 3 is 2.83 bits per heavy atom. The summed E-state index contributed by atoms with van der Waals surface area (Å²) in [5.74, 6) is 0. The summed E-state index contributed by atoms with van der Waals surface area (Å²) in [7, 11) is 0. The second kappa shape index (κ2) is 6.45. The van der Waals surface area contributed by atoms with E-state index in [1.807, 2.05) is 12.4 Å². The van der Waals surface area contributed by atoms with E-state index in [2.05, 4.69) is 57.6 Å². The second-order valence-electron chi connectivity index (χ2n) is 4.05. The lowest BCUT2D eigenvalue weighted by Gasteiger charge is -2.20. The van der Waals surface area contributed by atoms with Gasteiger partial charge in [-0.05, 0) is 57.5 Å². The molecule has 0 fully saturated rings. The molecule has 0 spiro atoms. The van der Waals surface area contributed by atoms with Crippen molar-refractivity contribution in [2.45, 2.75) is 26.3 Å². The van der Waals surface area contributed by atoms with Gasteiger partial charge in [-0.15, -0.1) is 11.3 Å². The number of aromatic nitrogens is 1. The van der Waals surface area contributed by atoms with E-state index in [1.54, 1.807) is 11.3 Å². The summed E-state index contributed by atoms with van der Waals surface area (Å²) in [5.41, 5.74) is 2.64. The largest absolute Gasteiger partial charge is 0.306 e. The summed E-state index contributed by atoms with van der Waals surface area (Å²) < 4.78 is 1.18. The van der Waals surface area contributed by atoms with Gasteiger partial charge < -0.3 is 5.32 Å². The number of rotatable bonds is 5. The summed E-state index contributed by atoms with van der Waals surface area (Å²) in [6.07, 6.45) is 4.86. The van der Waals surface area contributed by atoms with Gasteiger partial charge in [-0.2, -0.15) is 0 Å². The molecule has 1 unspecified atom stereocenters. The third kappa shape index (κ3) is 2.82. The molecule has 2 heterocycles. The highest BCUT2D eigenvalue weighted by Gasteiger charge is 2.19. The molecule has 0 aromatic carbocycles. The van der Waals surface area contributed by atoms with E-state index in [9.17, 15) is 0 Å². The van der Waals surface area contributed by atoms with Crippen LogP contribution >= 0.6 is 27.3 Å². The van der Waals surface area contributed by atoms with E-state index in [-0.39, 0.29) is 6.04 Å². The summed E-state index contributed by atoms with van der Waals surface area (Å²) >= 11 is 5.42. The lowest BCUT2D eigenvalue weighted by atomic mass is 9.99. The first-order chi connectivity index (χ1) is 8.77. The van der Waals surface area contributed by atoms with Crippen molar-refractivity contribution >= 4 is 27.3 Å². The van der Waals surface area contributed by atoms with Crippen LogP contribution < -0.4 is 5.32 Å². The van der Waals surface area contributed by atoms with Crippen molar-refractivity contribution in [2.75, 3.05) is 6.54 Å². The first kappa shape index (κ1) is 13.7. The standard InChI is InChI=1S/C14H17BrN2S/c1-3-10-9-16-7-5-11(10)13(17-4-2)14-12(15)6-8-18-14/h5-9,13,17H,3-4H2,1-2H3. The minimum Gasteiger partial charge on any atom is -0.306 e. The maximum absolute atomic E-state index is 4.23. The van der Waals surface area contributed by atoms with Crippen LogP contribution in [0.5, 0.6) is 0 Å². The molecule has 1 N–H and O–H groups in total. The molecule has 1 atom stereocenters. The zero-order valence-electron chi connectivity index (χ0n) is 10.6. The number of aryl methyl sites for hydroxylation is 1. The molecule has 0 saturated heterocycles. The lowest BCUT2D eigenvalue weighted by Crippen LogP contribution is -2.22. The van der Waals surface area contributed by atoms with Crippen molar-refractivity contribution in [2.24, 2.45) is 0 Å². The highest BCUT2D eigenvalue weighted by Crippen LogP contribution is 2.34. The van der Waals surface area contributed by atoms with Crippen LogP contribution in [0.4, 0.5) is 0 Å². The molecule has 0 amide bonds. The maximum Gasteiger partial charge on any atom is 0.0686 e. The predicted octanol–water partition coefficient (Wildman–Crippen LogP) is 4.17. The van der Waals surface area contributed by atoms with Gasteiger partial charge in [0.25, 0.3) is 0 Å². The van der Waals surface area contributed by atoms with Crippen LogP contribution in [0.3, 0.4) is 0 Å². The van der Waals surface area contributed by atoms with Gasteiger partial charge in [0.1, 0.15) is 0 Å². The van der Waals surface area contributed by atoms with Gasteiger partial charge >= 0.3 is 0 Å². The highest BCUT2D eigenvalue weighted by atomic mass is 79.9. The number of thiophene rings is 1. The Hall–Kier alpha value is -0.710. The number of nitrogens with one attached hydrogen (secondary N) is 1. The van der Waals surface area contributed by atoms with Crippen molar-refractivity contribution < 1.29 is 0 Å². The van der Waals surface area contributed by atoms with Gasteiger partial charge in [-0.3, -0.25) is 4.98 Å². The fourth-order valence-electron chi connectivity index (χ4n) is 2.07. The monoisotopic (exact) mass is 324 g/mol. The van der Waals surface area contributed by atoms with Gasteiger partial charge in [0.15, 0.2) is 0 Å². The second-order valence-corrected chi connectivity index (χ2v) is 5.85.